The van der Waals surface area contributed by atoms with Crippen LogP contribution in [0.25, 0.3) is 11.4 Å². The lowest BCUT2D eigenvalue weighted by atomic mass is 10.1. The Morgan fingerprint density at radius 3 is 2.40 bits per heavy atom. The number of carbonyl (C=O) groups excluding carboxylic acids is 1. The summed E-state index contributed by atoms with van der Waals surface area (Å²) in [6.07, 6.45) is -3.66. The first-order chi connectivity index (χ1) is 14.0. The van der Waals surface area contributed by atoms with Crippen LogP contribution in [0.5, 0.6) is 0 Å². The lowest BCUT2D eigenvalue weighted by Gasteiger charge is -2.06. The van der Waals surface area contributed by atoms with Crippen LogP contribution in [0, 0.1) is 11.6 Å². The summed E-state index contributed by atoms with van der Waals surface area (Å²) in [6.45, 7) is 0. The van der Waals surface area contributed by atoms with Gasteiger partial charge in [-0.2, -0.15) is 22.5 Å². The Labute approximate surface area is 166 Å². The lowest BCUT2D eigenvalue weighted by molar-refractivity contribution is -0.159. The third-order valence-electron chi connectivity index (χ3n) is 3.79. The predicted octanol–water partition coefficient (Wildman–Crippen LogP) is 4.47. The number of rotatable bonds is 4. The van der Waals surface area contributed by atoms with Crippen LogP contribution in [-0.2, 0) is 21.7 Å². The highest BCUT2D eigenvalue weighted by atomic mass is 32.2. The second-order valence-electron chi connectivity index (χ2n) is 6.21. The Morgan fingerprint density at radius 2 is 1.80 bits per heavy atom. The molecule has 1 atom stereocenters. The van der Waals surface area contributed by atoms with Crippen molar-refractivity contribution in [3.63, 3.8) is 0 Å². The van der Waals surface area contributed by atoms with Gasteiger partial charge in [-0.3, -0.25) is 4.79 Å². The quantitative estimate of drug-likeness (QED) is 0.553. The fourth-order valence-corrected chi connectivity index (χ4v) is 3.75. The summed E-state index contributed by atoms with van der Waals surface area (Å²) in [5.41, 5.74) is -0.0654. The van der Waals surface area contributed by atoms with Gasteiger partial charge >= 0.3 is 12.1 Å². The number of nitrogens with zero attached hydrogens (tertiary/aromatic N) is 3. The van der Waals surface area contributed by atoms with E-state index >= 15 is 0 Å². The van der Waals surface area contributed by atoms with Gasteiger partial charge in [-0.25, -0.2) is 13.0 Å². The molecule has 2 aromatic carbocycles. The van der Waals surface area contributed by atoms with E-state index in [9.17, 15) is 31.0 Å². The summed E-state index contributed by atoms with van der Waals surface area (Å²) in [5.74, 6) is -5.50. The summed E-state index contributed by atoms with van der Waals surface area (Å²) >= 11 is 0. The van der Waals surface area contributed by atoms with Crippen LogP contribution in [0.15, 0.2) is 51.4 Å². The molecule has 12 heteroatoms. The zero-order valence-electron chi connectivity index (χ0n) is 15.1. The first kappa shape index (κ1) is 21.6. The van der Waals surface area contributed by atoms with Gasteiger partial charge in [-0.15, -0.1) is 0 Å². The standard InChI is InChI=1S/C18H12F5N3O3S/c1-30(28,9-12-3-2-4-13(19)14(12)20)26-16(27)11-7-5-10(6-8-11)15-24-17(29-25-15)18(21,22)23/h2-8H,9H2,1H3. The van der Waals surface area contributed by atoms with Gasteiger partial charge in [0.15, 0.2) is 11.6 Å². The van der Waals surface area contributed by atoms with Gasteiger partial charge < -0.3 is 4.52 Å². The van der Waals surface area contributed by atoms with Crippen molar-refractivity contribution in [1.82, 2.24) is 10.1 Å². The molecule has 0 bridgehead atoms. The molecular weight excluding hydrogens is 433 g/mol. The Kier molecular flexibility index (Phi) is 5.70. The van der Waals surface area contributed by atoms with Crippen molar-refractivity contribution in [3.05, 3.63) is 71.1 Å². The van der Waals surface area contributed by atoms with E-state index in [1.165, 1.54) is 36.4 Å². The summed E-state index contributed by atoms with van der Waals surface area (Å²) < 4.78 is 84.9. The molecule has 158 valence electrons. The number of amides is 1. The Morgan fingerprint density at radius 1 is 1.13 bits per heavy atom. The maximum absolute atomic E-state index is 13.8. The highest BCUT2D eigenvalue weighted by Gasteiger charge is 2.38. The van der Waals surface area contributed by atoms with Crippen LogP contribution < -0.4 is 0 Å². The summed E-state index contributed by atoms with van der Waals surface area (Å²) in [6, 6.07) is 8.35. The second-order valence-corrected chi connectivity index (χ2v) is 8.60. The van der Waals surface area contributed by atoms with Gasteiger partial charge in [0.25, 0.3) is 5.91 Å². The third-order valence-corrected chi connectivity index (χ3v) is 5.19. The topological polar surface area (TPSA) is 85.4 Å². The highest BCUT2D eigenvalue weighted by molar-refractivity contribution is 7.92. The van der Waals surface area contributed by atoms with E-state index in [0.29, 0.717) is 0 Å². The fraction of sp³-hybridized carbons (Fsp3) is 0.167. The van der Waals surface area contributed by atoms with Gasteiger partial charge in [-0.05, 0) is 18.2 Å². The minimum atomic E-state index is -4.79. The smallest absolute Gasteiger partial charge is 0.329 e. The van der Waals surface area contributed by atoms with E-state index in [2.05, 4.69) is 19.0 Å². The molecule has 1 unspecified atom stereocenters. The van der Waals surface area contributed by atoms with Crippen molar-refractivity contribution in [2.24, 2.45) is 4.36 Å². The SMILES string of the molecule is CS(=O)(Cc1cccc(F)c1F)=NC(=O)c1ccc(-c2noc(C(F)(F)F)n2)cc1. The number of hydrogen-bond acceptors (Lipinski definition) is 5. The highest BCUT2D eigenvalue weighted by Crippen LogP contribution is 2.29. The molecule has 1 amide bonds. The van der Waals surface area contributed by atoms with Crippen LogP contribution in [0.1, 0.15) is 21.8 Å². The van der Waals surface area contributed by atoms with Crippen LogP contribution in [0.3, 0.4) is 0 Å². The average Bonchev–Trinajstić information content (AvgIpc) is 3.16. The van der Waals surface area contributed by atoms with E-state index < -0.39 is 45.1 Å². The Hall–Kier alpha value is -3.15. The maximum atomic E-state index is 13.8. The summed E-state index contributed by atoms with van der Waals surface area (Å²) in [5, 5.41) is 3.22. The molecule has 30 heavy (non-hydrogen) atoms. The molecule has 0 aliphatic carbocycles. The summed E-state index contributed by atoms with van der Waals surface area (Å²) in [7, 11) is -3.24. The van der Waals surface area contributed by atoms with Crippen LogP contribution in [0.4, 0.5) is 22.0 Å². The molecule has 0 N–H and O–H groups in total. The molecule has 1 heterocycles. The number of hydrogen-bond donors (Lipinski definition) is 0. The third kappa shape index (κ3) is 4.87. The van der Waals surface area contributed by atoms with Crippen LogP contribution in [-0.4, -0.2) is 26.5 Å². The van der Waals surface area contributed by atoms with E-state index in [-0.39, 0.29) is 22.5 Å². The first-order valence-electron chi connectivity index (χ1n) is 8.15. The van der Waals surface area contributed by atoms with E-state index in [4.69, 9.17) is 0 Å². The monoisotopic (exact) mass is 445 g/mol. The van der Waals surface area contributed by atoms with Crippen molar-refractivity contribution in [1.29, 1.82) is 0 Å². The van der Waals surface area contributed by atoms with Crippen molar-refractivity contribution < 1.29 is 35.5 Å². The number of alkyl halides is 3. The van der Waals surface area contributed by atoms with Crippen molar-refractivity contribution in [3.8, 4) is 11.4 Å². The van der Waals surface area contributed by atoms with Gasteiger partial charge in [0.1, 0.15) is 0 Å². The number of carbonyl (C=O) groups is 1. The Balaban J connectivity index is 1.80. The lowest BCUT2D eigenvalue weighted by Crippen LogP contribution is -2.08. The molecule has 0 aliphatic rings. The minimum Gasteiger partial charge on any atom is -0.329 e. The van der Waals surface area contributed by atoms with Crippen molar-refractivity contribution >= 4 is 15.6 Å². The predicted molar refractivity (Wildman–Crippen MR) is 95.6 cm³/mol. The largest absolute Gasteiger partial charge is 0.471 e. The molecule has 0 aliphatic heterocycles. The molecule has 0 saturated carbocycles. The normalized spacial score (nSPS) is 13.7. The van der Waals surface area contributed by atoms with Crippen molar-refractivity contribution in [2.45, 2.75) is 11.9 Å². The molecule has 0 saturated heterocycles. The number of halogens is 5. The molecule has 3 aromatic rings. The van der Waals surface area contributed by atoms with E-state index in [0.717, 1.165) is 12.3 Å². The minimum absolute atomic E-state index is 0.0208. The summed E-state index contributed by atoms with van der Waals surface area (Å²) in [4.78, 5) is 15.5. The molecule has 3 rings (SSSR count). The van der Waals surface area contributed by atoms with Gasteiger partial charge in [0.05, 0.1) is 15.5 Å². The zero-order chi connectivity index (χ0) is 22.1. The van der Waals surface area contributed by atoms with Gasteiger partial charge in [-0.1, -0.05) is 29.4 Å². The van der Waals surface area contributed by atoms with Gasteiger partial charge in [0.2, 0.25) is 5.82 Å². The first-order valence-corrected chi connectivity index (χ1v) is 10.2. The number of benzene rings is 2. The van der Waals surface area contributed by atoms with Crippen LogP contribution in [0.2, 0.25) is 0 Å². The second kappa shape index (κ2) is 7.94. The van der Waals surface area contributed by atoms with Gasteiger partial charge in [0, 0.05) is 22.9 Å². The fourth-order valence-electron chi connectivity index (χ4n) is 2.43. The molecule has 0 radical (unpaired) electrons. The van der Waals surface area contributed by atoms with E-state index in [1.807, 2.05) is 0 Å². The molecule has 0 fully saturated rings. The van der Waals surface area contributed by atoms with Crippen LogP contribution >= 0.6 is 0 Å². The Bertz CT molecular complexity index is 1210. The zero-order valence-corrected chi connectivity index (χ0v) is 15.9. The average molecular weight is 445 g/mol. The number of aromatic nitrogens is 2. The molecule has 1 aromatic heterocycles. The maximum Gasteiger partial charge on any atom is 0.471 e. The molecule has 6 nitrogen and oxygen atoms in total. The molecule has 0 spiro atoms. The van der Waals surface area contributed by atoms with Crippen molar-refractivity contribution in [2.75, 3.05) is 6.26 Å². The molecular formula is C18H12F5N3O3S. The van der Waals surface area contributed by atoms with E-state index in [1.54, 1.807) is 0 Å².